The molecule has 9 amide bonds. The molecule has 0 aliphatic heterocycles. The third-order valence-electron chi connectivity index (χ3n) is 17.8. The molecule has 4 rings (SSSR count). The van der Waals surface area contributed by atoms with Crippen LogP contribution in [0.1, 0.15) is 112 Å². The zero-order chi connectivity index (χ0) is 97.3. The molecule has 0 unspecified atom stereocenters. The standard InChI is InChI=1S/C88H130N14O31/c1-87(2,3)132-85(118)97-72(83(114)115)57-61(81(110)111)9-7-11-75(104)92-63-13-21-67(22-14-63)99-101-69-25-17-65(18-26-69)94-78(107)59-90-74(103)30-29-71(96-77(106)31-33-120-35-37-122-39-41-124-43-45-126-47-49-128-51-53-130-55-56-131-54-52-129-50-48-127-46-44-125-42-40-123-38-36-121-34-32-89)80(109)91-60-79(108)95-66-19-27-70(28-20-66)102-100-68-23-15-64(16-24-68)93-76(105)12-8-10-62(82(112)113)58-73(84(116)117)98-86(119)133-88(4,5)6/h13-28,61-62,71-73H,7-12,29-60,89H2,1-6H3,(H,90,103)(H,91,109)(H,92,104)(H,93,105)(H,94,107)(H,95,108)(H,96,106)(H,97,118)(H,98,119)(H,110,111)(H,112,113)(H,114,115)(H,116,117)/b101-99+,102-100+/t61-,62-,71+,72-,73-/m0/s1. The van der Waals surface area contributed by atoms with Gasteiger partial charge in [0.15, 0.2) is 0 Å². The molecule has 0 radical (unpaired) electrons. The summed E-state index contributed by atoms with van der Waals surface area (Å²) in [6.45, 7) is 18.0. The number of hydrogen-bond acceptors (Lipinski definition) is 32. The number of amides is 9. The van der Waals surface area contributed by atoms with Crippen LogP contribution in [0.5, 0.6) is 0 Å². The average Bonchev–Trinajstić information content (AvgIpc) is 0.895. The molecule has 0 aliphatic rings. The van der Waals surface area contributed by atoms with E-state index in [0.717, 1.165) is 0 Å². The van der Waals surface area contributed by atoms with Crippen LogP contribution >= 0.6 is 0 Å². The lowest BCUT2D eigenvalue weighted by Crippen LogP contribution is -2.49. The Labute approximate surface area is 771 Å². The minimum Gasteiger partial charge on any atom is -0.481 e. The Morgan fingerprint density at radius 3 is 0.842 bits per heavy atom. The topological polar surface area (TPSA) is 616 Å². The molecule has 4 aromatic carbocycles. The molecule has 0 spiro atoms. The summed E-state index contributed by atoms with van der Waals surface area (Å²) in [6, 6.07) is 20.6. The highest BCUT2D eigenvalue weighted by Crippen LogP contribution is 2.26. The number of ether oxygens (including phenoxy) is 14. The van der Waals surface area contributed by atoms with E-state index >= 15 is 0 Å². The Kier molecular flexibility index (Phi) is 57.6. The van der Waals surface area contributed by atoms with E-state index in [0.29, 0.717) is 178 Å². The predicted octanol–water partition coefficient (Wildman–Crippen LogP) is 7.50. The first-order chi connectivity index (χ1) is 63.7. The first kappa shape index (κ1) is 114. The Balaban J connectivity index is 1.17. The summed E-state index contributed by atoms with van der Waals surface area (Å²) in [5.74, 6) is -12.0. The number of carbonyl (C=O) groups is 13. The maximum Gasteiger partial charge on any atom is 0.408 e. The minimum atomic E-state index is -1.54. The van der Waals surface area contributed by atoms with Crippen LogP contribution in [0.4, 0.5) is 55.1 Å². The fourth-order valence-corrected chi connectivity index (χ4v) is 11.3. The monoisotopic (exact) mass is 1880 g/mol. The van der Waals surface area contributed by atoms with Crippen LogP contribution in [-0.2, 0) is 119 Å². The van der Waals surface area contributed by atoms with Gasteiger partial charge in [-0.1, -0.05) is 0 Å². The van der Waals surface area contributed by atoms with E-state index in [2.05, 4.69) is 68.3 Å². The molecule has 0 heterocycles. The average molecular weight is 1880 g/mol. The second-order valence-corrected chi connectivity index (χ2v) is 31.2. The first-order valence-electron chi connectivity index (χ1n) is 43.5. The second kappa shape index (κ2) is 67.4. The van der Waals surface area contributed by atoms with E-state index < -0.39 is 145 Å². The summed E-state index contributed by atoms with van der Waals surface area (Å²) in [6.07, 6.45) is -3.77. The lowest BCUT2D eigenvalue weighted by molar-refractivity contribution is -0.146. The van der Waals surface area contributed by atoms with Crippen molar-refractivity contribution in [1.82, 2.24) is 26.6 Å². The third kappa shape index (κ3) is 58.0. The molecule has 4 aromatic rings. The maximum atomic E-state index is 13.7. The Hall–Kier alpha value is -11.7. The predicted molar refractivity (Wildman–Crippen MR) is 480 cm³/mol. The molecular formula is C88H130N14O31. The molecule has 5 atom stereocenters. The van der Waals surface area contributed by atoms with Crippen molar-refractivity contribution in [3.8, 4) is 0 Å². The van der Waals surface area contributed by atoms with Crippen molar-refractivity contribution in [3.05, 3.63) is 97.1 Å². The highest BCUT2D eigenvalue weighted by atomic mass is 16.6. The number of carbonyl (C=O) groups excluding carboxylic acids is 9. The van der Waals surface area contributed by atoms with Crippen molar-refractivity contribution >= 4 is 123 Å². The first-order valence-corrected chi connectivity index (χ1v) is 43.5. The highest BCUT2D eigenvalue weighted by Gasteiger charge is 2.33. The van der Waals surface area contributed by atoms with Crippen LogP contribution in [0.3, 0.4) is 0 Å². The van der Waals surface area contributed by atoms with Gasteiger partial charge in [-0.3, -0.25) is 43.2 Å². The number of alkyl carbamates (subject to hydrolysis) is 2. The van der Waals surface area contributed by atoms with Crippen molar-refractivity contribution in [2.24, 2.45) is 38.0 Å². The van der Waals surface area contributed by atoms with E-state index in [1.54, 1.807) is 126 Å². The smallest absolute Gasteiger partial charge is 0.408 e. The van der Waals surface area contributed by atoms with Crippen LogP contribution in [0.15, 0.2) is 118 Å². The SMILES string of the molecule is CC(C)(C)OC(=O)N[C@@H](C[C@H](CCCC(=O)Nc1ccc(/N=N/c2ccc(NC(=O)CNC(=O)CC[C@@H](NC(=O)CCOCCOCCOCCOCCOCCOCCOCCOCCOCCOCCOCCOCCN)C(=O)NCC(=O)Nc3ccc(/N=N/c4ccc(NC(=O)CCC[C@@H](C[C@H](NC(=O)OC(C)(C)C)C(=O)O)C(=O)O)cc4)cc3)cc2)cc1)C(=O)O)C(=O)O. The normalized spacial score (nSPS) is 12.6. The van der Waals surface area contributed by atoms with E-state index in [1.807, 2.05) is 0 Å². The Bertz CT molecular complexity index is 4180. The molecule has 0 aliphatic carbocycles. The molecule has 15 N–H and O–H groups in total. The van der Waals surface area contributed by atoms with Gasteiger partial charge in [-0.15, -0.1) is 0 Å². The molecule has 133 heavy (non-hydrogen) atoms. The van der Waals surface area contributed by atoms with Gasteiger partial charge in [0.1, 0.15) is 29.3 Å². The van der Waals surface area contributed by atoms with Crippen molar-refractivity contribution < 1.29 is 149 Å². The number of anilines is 4. The van der Waals surface area contributed by atoms with Gasteiger partial charge in [-0.2, -0.15) is 20.5 Å². The zero-order valence-electron chi connectivity index (χ0n) is 76.2. The van der Waals surface area contributed by atoms with Crippen LogP contribution in [0, 0.1) is 11.8 Å². The van der Waals surface area contributed by atoms with Gasteiger partial charge in [-0.05, 0) is 184 Å². The van der Waals surface area contributed by atoms with Gasteiger partial charge < -0.3 is 140 Å². The molecule has 0 fully saturated rings. The third-order valence-corrected chi connectivity index (χ3v) is 17.8. The Morgan fingerprint density at radius 1 is 0.301 bits per heavy atom. The fourth-order valence-electron chi connectivity index (χ4n) is 11.3. The fraction of sp³-hybridized carbons (Fsp3) is 0.580. The number of carboxylic acid groups (broad SMARTS) is 4. The number of carboxylic acids is 4. The van der Waals surface area contributed by atoms with Crippen molar-refractivity contribution in [2.45, 2.75) is 141 Å². The van der Waals surface area contributed by atoms with Gasteiger partial charge >= 0.3 is 36.1 Å². The van der Waals surface area contributed by atoms with E-state index in [9.17, 15) is 82.8 Å². The molecule has 0 saturated heterocycles. The largest absolute Gasteiger partial charge is 0.481 e. The number of azo groups is 2. The van der Waals surface area contributed by atoms with Gasteiger partial charge in [0.25, 0.3) is 0 Å². The van der Waals surface area contributed by atoms with Gasteiger partial charge in [0, 0.05) is 55.0 Å². The van der Waals surface area contributed by atoms with Crippen LogP contribution in [0.25, 0.3) is 0 Å². The number of rotatable bonds is 73. The molecule has 45 nitrogen and oxygen atoms in total. The molecular weight excluding hydrogens is 1750 g/mol. The molecule has 0 aromatic heterocycles. The molecule has 0 bridgehead atoms. The minimum absolute atomic E-state index is 0.0470. The number of nitrogens with one attached hydrogen (secondary N) is 9. The van der Waals surface area contributed by atoms with Crippen molar-refractivity contribution in [2.75, 3.05) is 199 Å². The summed E-state index contributed by atoms with van der Waals surface area (Å²) in [5.41, 5.74) is 6.60. The maximum absolute atomic E-state index is 13.7. The summed E-state index contributed by atoms with van der Waals surface area (Å²) in [7, 11) is 0. The van der Waals surface area contributed by atoms with Crippen molar-refractivity contribution in [1.29, 1.82) is 0 Å². The molecule has 45 heteroatoms. The lowest BCUT2D eigenvalue weighted by Gasteiger charge is -2.23. The number of nitrogens with zero attached hydrogens (tertiary/aromatic N) is 4. The van der Waals surface area contributed by atoms with E-state index in [-0.39, 0.29) is 90.8 Å². The second-order valence-electron chi connectivity index (χ2n) is 31.2. The van der Waals surface area contributed by atoms with Crippen molar-refractivity contribution in [3.63, 3.8) is 0 Å². The lowest BCUT2D eigenvalue weighted by atomic mass is 9.94. The highest BCUT2D eigenvalue weighted by molar-refractivity contribution is 5.97. The van der Waals surface area contributed by atoms with Gasteiger partial charge in [-0.25, -0.2) is 19.2 Å². The summed E-state index contributed by atoms with van der Waals surface area (Å²) in [5, 5.41) is 78.3. The number of aliphatic carboxylic acids is 4. The number of hydrogen-bond donors (Lipinski definition) is 14. The summed E-state index contributed by atoms with van der Waals surface area (Å²) in [4.78, 5) is 164. The molecule has 0 saturated carbocycles. The van der Waals surface area contributed by atoms with Crippen LogP contribution < -0.4 is 53.6 Å². The Morgan fingerprint density at radius 2 is 0.571 bits per heavy atom. The van der Waals surface area contributed by atoms with E-state index in [1.165, 1.54) is 12.1 Å². The number of benzene rings is 4. The van der Waals surface area contributed by atoms with E-state index in [4.69, 9.17) is 72.0 Å². The zero-order valence-corrected chi connectivity index (χ0v) is 76.2. The van der Waals surface area contributed by atoms with Gasteiger partial charge in [0.2, 0.25) is 41.4 Å². The molecule has 738 valence electrons. The summed E-state index contributed by atoms with van der Waals surface area (Å²) < 4.78 is 76.1. The number of nitrogens with two attached hydrogens (primary N) is 1. The quantitative estimate of drug-likeness (QED) is 0.0150. The van der Waals surface area contributed by atoms with Crippen LogP contribution in [0.2, 0.25) is 0 Å². The summed E-state index contributed by atoms with van der Waals surface area (Å²) >= 11 is 0. The van der Waals surface area contributed by atoms with Crippen LogP contribution in [-0.4, -0.2) is 305 Å². The van der Waals surface area contributed by atoms with Gasteiger partial charge in [0.05, 0.1) is 206 Å².